The molecule has 5 heteroatoms. The summed E-state index contributed by atoms with van der Waals surface area (Å²) < 4.78 is 5.44. The molecule has 2 aliphatic carbocycles. The maximum atomic E-state index is 12.3. The second-order valence-electron chi connectivity index (χ2n) is 6.26. The number of rotatable bonds is 8. The van der Waals surface area contributed by atoms with Crippen LogP contribution in [0.5, 0.6) is 0 Å². The molecule has 1 amide bonds. The summed E-state index contributed by atoms with van der Waals surface area (Å²) in [7, 11) is 0. The lowest BCUT2D eigenvalue weighted by atomic mass is 9.82. The van der Waals surface area contributed by atoms with Gasteiger partial charge in [0.2, 0.25) is 5.91 Å². The Labute approximate surface area is 125 Å². The van der Waals surface area contributed by atoms with E-state index in [1.165, 1.54) is 0 Å². The van der Waals surface area contributed by atoms with Crippen molar-refractivity contribution in [3.63, 3.8) is 0 Å². The Kier molecular flexibility index (Phi) is 5.39. The van der Waals surface area contributed by atoms with Gasteiger partial charge in [-0.1, -0.05) is 12.2 Å². The van der Waals surface area contributed by atoms with Crippen molar-refractivity contribution in [2.45, 2.75) is 39.2 Å². The number of unbranched alkanes of at least 4 members (excludes halogenated alkanes) is 1. The van der Waals surface area contributed by atoms with E-state index in [4.69, 9.17) is 4.74 Å². The van der Waals surface area contributed by atoms with Gasteiger partial charge in [0.15, 0.2) is 0 Å². The zero-order valence-electron chi connectivity index (χ0n) is 12.7. The van der Waals surface area contributed by atoms with Gasteiger partial charge in [0.25, 0.3) is 0 Å². The number of hydrogen-bond acceptors (Lipinski definition) is 3. The fourth-order valence-corrected chi connectivity index (χ4v) is 3.39. The Balaban J connectivity index is 1.73. The van der Waals surface area contributed by atoms with Gasteiger partial charge in [-0.3, -0.25) is 9.59 Å². The molecule has 21 heavy (non-hydrogen) atoms. The van der Waals surface area contributed by atoms with E-state index >= 15 is 0 Å². The zero-order chi connectivity index (χ0) is 15.4. The van der Waals surface area contributed by atoms with Crippen LogP contribution in [0.4, 0.5) is 0 Å². The second-order valence-corrected chi connectivity index (χ2v) is 6.26. The zero-order valence-corrected chi connectivity index (χ0v) is 12.7. The van der Waals surface area contributed by atoms with Crippen molar-refractivity contribution in [1.29, 1.82) is 0 Å². The van der Waals surface area contributed by atoms with Crippen LogP contribution in [0.15, 0.2) is 12.2 Å². The average Bonchev–Trinajstić information content (AvgIpc) is 3.02. The SMILES string of the molecule is CC(C)OCCCCNC(=O)[C@H]1C2C=CC(C2)[C@H]1C(=O)O. The minimum Gasteiger partial charge on any atom is -0.481 e. The standard InChI is InChI=1S/C16H25NO4/c1-10(2)21-8-4-3-7-17-15(18)13-11-5-6-12(9-11)14(13)16(19)20/h5-6,10-14H,3-4,7-9H2,1-2H3,(H,17,18)(H,19,20)/t11?,12?,13-,14+/m0/s1. The number of carbonyl (C=O) groups excluding carboxylic acids is 1. The van der Waals surface area contributed by atoms with Gasteiger partial charge in [0, 0.05) is 13.2 Å². The molecule has 0 saturated heterocycles. The van der Waals surface area contributed by atoms with Crippen molar-refractivity contribution < 1.29 is 19.4 Å². The minimum atomic E-state index is -0.850. The van der Waals surface area contributed by atoms with Crippen LogP contribution in [0.3, 0.4) is 0 Å². The summed E-state index contributed by atoms with van der Waals surface area (Å²) in [5.41, 5.74) is 0. The Hall–Kier alpha value is -1.36. The lowest BCUT2D eigenvalue weighted by Gasteiger charge is -2.23. The van der Waals surface area contributed by atoms with Gasteiger partial charge >= 0.3 is 5.97 Å². The maximum Gasteiger partial charge on any atom is 0.307 e. The number of allylic oxidation sites excluding steroid dienone is 2. The molecule has 2 bridgehead atoms. The van der Waals surface area contributed by atoms with Crippen LogP contribution < -0.4 is 5.32 Å². The number of fused-ring (bicyclic) bond motifs is 2. The van der Waals surface area contributed by atoms with Crippen LogP contribution in [0.25, 0.3) is 0 Å². The first kappa shape index (κ1) is 16.0. The summed E-state index contributed by atoms with van der Waals surface area (Å²) in [5, 5.41) is 12.2. The number of hydrogen-bond donors (Lipinski definition) is 2. The third-order valence-corrected chi connectivity index (χ3v) is 4.37. The van der Waals surface area contributed by atoms with Gasteiger partial charge in [-0.15, -0.1) is 0 Å². The first-order valence-electron chi connectivity index (χ1n) is 7.81. The Morgan fingerprint density at radius 2 is 1.90 bits per heavy atom. The van der Waals surface area contributed by atoms with Gasteiger partial charge in [-0.2, -0.15) is 0 Å². The molecule has 1 saturated carbocycles. The Bertz CT molecular complexity index is 419. The van der Waals surface area contributed by atoms with Crippen LogP contribution in [0, 0.1) is 23.7 Å². The summed E-state index contributed by atoms with van der Waals surface area (Å²) >= 11 is 0. The van der Waals surface area contributed by atoms with Crippen molar-refractivity contribution in [3.8, 4) is 0 Å². The van der Waals surface area contributed by atoms with E-state index < -0.39 is 17.8 Å². The summed E-state index contributed by atoms with van der Waals surface area (Å²) in [5.74, 6) is -1.78. The fraction of sp³-hybridized carbons (Fsp3) is 0.750. The fourth-order valence-electron chi connectivity index (χ4n) is 3.39. The van der Waals surface area contributed by atoms with Gasteiger partial charge in [0.1, 0.15) is 0 Å². The van der Waals surface area contributed by atoms with E-state index in [0.717, 1.165) is 19.3 Å². The molecular formula is C16H25NO4. The van der Waals surface area contributed by atoms with Crippen LogP contribution in [-0.2, 0) is 14.3 Å². The van der Waals surface area contributed by atoms with Gasteiger partial charge in [-0.05, 0) is 44.9 Å². The Morgan fingerprint density at radius 3 is 2.52 bits per heavy atom. The normalized spacial score (nSPS) is 30.0. The highest BCUT2D eigenvalue weighted by Gasteiger charge is 2.51. The van der Waals surface area contributed by atoms with E-state index in [9.17, 15) is 14.7 Å². The van der Waals surface area contributed by atoms with E-state index in [1.807, 2.05) is 26.0 Å². The molecule has 2 unspecified atom stereocenters. The monoisotopic (exact) mass is 295 g/mol. The van der Waals surface area contributed by atoms with Crippen molar-refractivity contribution in [2.75, 3.05) is 13.2 Å². The summed E-state index contributed by atoms with van der Waals surface area (Å²) in [4.78, 5) is 23.6. The number of aliphatic carboxylic acids is 1. The molecule has 1 fully saturated rings. The number of amides is 1. The van der Waals surface area contributed by atoms with Crippen LogP contribution in [-0.4, -0.2) is 36.2 Å². The molecule has 0 aromatic carbocycles. The molecule has 2 rings (SSSR count). The smallest absolute Gasteiger partial charge is 0.307 e. The number of carboxylic acid groups (broad SMARTS) is 1. The highest BCUT2D eigenvalue weighted by Crippen LogP contribution is 2.48. The quantitative estimate of drug-likeness (QED) is 0.529. The molecule has 0 aromatic rings. The van der Waals surface area contributed by atoms with Crippen LogP contribution in [0.2, 0.25) is 0 Å². The third-order valence-electron chi connectivity index (χ3n) is 4.37. The van der Waals surface area contributed by atoms with Crippen LogP contribution >= 0.6 is 0 Å². The van der Waals surface area contributed by atoms with E-state index in [2.05, 4.69) is 5.32 Å². The summed E-state index contributed by atoms with van der Waals surface area (Å²) in [6.45, 7) is 5.28. The average molecular weight is 295 g/mol. The van der Waals surface area contributed by atoms with Crippen molar-refractivity contribution in [2.24, 2.45) is 23.7 Å². The predicted molar refractivity (Wildman–Crippen MR) is 78.7 cm³/mol. The summed E-state index contributed by atoms with van der Waals surface area (Å²) in [6.07, 6.45) is 6.75. The molecule has 2 N–H and O–H groups in total. The number of nitrogens with one attached hydrogen (secondary N) is 1. The number of carboxylic acids is 1. The molecule has 0 heterocycles. The van der Waals surface area contributed by atoms with Crippen molar-refractivity contribution >= 4 is 11.9 Å². The molecule has 118 valence electrons. The van der Waals surface area contributed by atoms with Gasteiger partial charge in [0.05, 0.1) is 17.9 Å². The second kappa shape index (κ2) is 7.07. The maximum absolute atomic E-state index is 12.3. The first-order chi connectivity index (χ1) is 10.0. The molecule has 2 aliphatic rings. The van der Waals surface area contributed by atoms with E-state index in [0.29, 0.717) is 13.2 Å². The molecule has 0 spiro atoms. The lowest BCUT2D eigenvalue weighted by Crippen LogP contribution is -2.40. The summed E-state index contributed by atoms with van der Waals surface area (Å²) in [6, 6.07) is 0. The topological polar surface area (TPSA) is 75.6 Å². The molecule has 0 aliphatic heterocycles. The number of ether oxygens (including phenoxy) is 1. The highest BCUT2D eigenvalue weighted by molar-refractivity contribution is 5.86. The Morgan fingerprint density at radius 1 is 1.24 bits per heavy atom. The van der Waals surface area contributed by atoms with Gasteiger partial charge < -0.3 is 15.2 Å². The van der Waals surface area contributed by atoms with E-state index in [1.54, 1.807) is 0 Å². The third kappa shape index (κ3) is 3.84. The minimum absolute atomic E-state index is 0.0303. The predicted octanol–water partition coefficient (Wildman–Crippen LogP) is 1.83. The van der Waals surface area contributed by atoms with Gasteiger partial charge in [-0.25, -0.2) is 0 Å². The molecule has 5 nitrogen and oxygen atoms in total. The number of carbonyl (C=O) groups is 2. The highest BCUT2D eigenvalue weighted by atomic mass is 16.5. The molecular weight excluding hydrogens is 270 g/mol. The van der Waals surface area contributed by atoms with E-state index in [-0.39, 0.29) is 23.8 Å². The van der Waals surface area contributed by atoms with Crippen molar-refractivity contribution in [3.05, 3.63) is 12.2 Å². The van der Waals surface area contributed by atoms with Crippen LogP contribution in [0.1, 0.15) is 33.1 Å². The molecule has 4 atom stereocenters. The first-order valence-corrected chi connectivity index (χ1v) is 7.81. The van der Waals surface area contributed by atoms with Crippen molar-refractivity contribution in [1.82, 2.24) is 5.32 Å². The molecule has 0 aromatic heterocycles. The largest absolute Gasteiger partial charge is 0.481 e. The molecule has 0 radical (unpaired) electrons. The lowest BCUT2D eigenvalue weighted by molar-refractivity contribution is -0.147.